The van der Waals surface area contributed by atoms with Crippen LogP contribution in [0.4, 0.5) is 5.82 Å². The van der Waals surface area contributed by atoms with Gasteiger partial charge in [-0.3, -0.25) is 14.6 Å². The fraction of sp³-hybridized carbons (Fsp3) is 0.500. The Morgan fingerprint density at radius 3 is 2.85 bits per heavy atom. The number of fused-ring (bicyclic) bond motifs is 3. The number of aliphatic imine (C=N–C) groups is 1. The second-order valence-electron chi connectivity index (χ2n) is 7.90. The largest absolute Gasteiger partial charge is 0.459 e. The number of nitrogens with one attached hydrogen (secondary N) is 1. The van der Waals surface area contributed by atoms with E-state index in [4.69, 9.17) is 16.3 Å². The Kier molecular flexibility index (Phi) is 3.70. The first-order valence-electron chi connectivity index (χ1n) is 8.49. The summed E-state index contributed by atoms with van der Waals surface area (Å²) in [6.07, 6.45) is 4.08. The van der Waals surface area contributed by atoms with Crippen LogP contribution in [0, 0.1) is 5.92 Å². The number of hydrogen-bond donors (Lipinski definition) is 1. The van der Waals surface area contributed by atoms with Gasteiger partial charge < -0.3 is 10.1 Å². The highest BCUT2D eigenvalue weighted by atomic mass is 35.5. The van der Waals surface area contributed by atoms with Gasteiger partial charge in [0.25, 0.3) is 0 Å². The van der Waals surface area contributed by atoms with Gasteiger partial charge in [0.05, 0.1) is 17.9 Å². The number of esters is 1. The van der Waals surface area contributed by atoms with Crippen molar-refractivity contribution in [1.82, 2.24) is 9.97 Å². The molecule has 4 rings (SSSR count). The van der Waals surface area contributed by atoms with Crippen LogP contribution in [0.1, 0.15) is 39.2 Å². The molecule has 1 spiro atoms. The number of aromatic nitrogens is 2. The molecule has 1 N–H and O–H groups in total. The maximum atomic E-state index is 12.7. The van der Waals surface area contributed by atoms with Gasteiger partial charge in [-0.1, -0.05) is 17.7 Å². The van der Waals surface area contributed by atoms with Crippen molar-refractivity contribution in [3.05, 3.63) is 28.7 Å². The molecule has 3 heterocycles. The lowest BCUT2D eigenvalue weighted by atomic mass is 9.81. The summed E-state index contributed by atoms with van der Waals surface area (Å²) in [7, 11) is 0. The highest BCUT2D eigenvalue weighted by Crippen LogP contribution is 2.51. The van der Waals surface area contributed by atoms with Crippen LogP contribution in [0.25, 0.3) is 0 Å². The molecular formula is C18H19ClN4O3. The van der Waals surface area contributed by atoms with E-state index in [1.165, 1.54) is 6.33 Å². The first-order chi connectivity index (χ1) is 12.2. The molecule has 8 heteroatoms. The lowest BCUT2D eigenvalue weighted by Crippen LogP contribution is -2.32. The number of nitrogens with zero attached hydrogens (tertiary/aromatic N) is 3. The summed E-state index contributed by atoms with van der Waals surface area (Å²) in [5, 5.41) is 3.07. The Morgan fingerprint density at radius 1 is 1.35 bits per heavy atom. The third kappa shape index (κ3) is 2.61. The summed E-state index contributed by atoms with van der Waals surface area (Å²) in [5.41, 5.74) is 0.966. The zero-order valence-corrected chi connectivity index (χ0v) is 15.6. The lowest BCUT2D eigenvalue weighted by Gasteiger charge is -2.23. The van der Waals surface area contributed by atoms with E-state index in [9.17, 15) is 9.59 Å². The van der Waals surface area contributed by atoms with E-state index in [-0.39, 0.29) is 17.0 Å². The summed E-state index contributed by atoms with van der Waals surface area (Å²) >= 11 is 6.28. The number of halogens is 1. The number of ether oxygens (including phenoxy) is 1. The molecule has 1 amide bonds. The zero-order valence-electron chi connectivity index (χ0n) is 14.8. The second kappa shape index (κ2) is 5.61. The van der Waals surface area contributed by atoms with Gasteiger partial charge in [0.15, 0.2) is 0 Å². The van der Waals surface area contributed by atoms with Crippen LogP contribution in [-0.2, 0) is 19.7 Å². The standard InChI is InChI=1S/C18H19ClN4O3/c1-17(2,3)26-15(24)10-4-9-5-18(6-11(9)20-7-10)12-13(19)21-8-22-14(12)23-16(18)25/h4,8,10H,5-7H2,1-3H3,(H,21,22,23,25)/t10?,18-/m0/s1. The van der Waals surface area contributed by atoms with E-state index in [1.54, 1.807) is 0 Å². The van der Waals surface area contributed by atoms with Crippen molar-refractivity contribution in [2.75, 3.05) is 11.9 Å². The van der Waals surface area contributed by atoms with Gasteiger partial charge in [-0.05, 0) is 32.8 Å². The third-order valence-corrected chi connectivity index (χ3v) is 5.16. The fourth-order valence-corrected chi connectivity index (χ4v) is 4.10. The van der Waals surface area contributed by atoms with Gasteiger partial charge >= 0.3 is 5.97 Å². The number of allylic oxidation sites excluding steroid dienone is 1. The van der Waals surface area contributed by atoms with Crippen LogP contribution in [0.5, 0.6) is 0 Å². The van der Waals surface area contributed by atoms with E-state index in [2.05, 4.69) is 20.3 Å². The molecule has 26 heavy (non-hydrogen) atoms. The molecule has 1 fully saturated rings. The van der Waals surface area contributed by atoms with Gasteiger partial charge in [-0.15, -0.1) is 0 Å². The van der Waals surface area contributed by atoms with Crippen molar-refractivity contribution in [3.63, 3.8) is 0 Å². The average molecular weight is 375 g/mol. The van der Waals surface area contributed by atoms with Crippen molar-refractivity contribution in [2.24, 2.45) is 10.9 Å². The third-order valence-electron chi connectivity index (χ3n) is 4.87. The van der Waals surface area contributed by atoms with E-state index < -0.39 is 16.9 Å². The quantitative estimate of drug-likeness (QED) is 0.602. The highest BCUT2D eigenvalue weighted by Gasteiger charge is 2.55. The maximum absolute atomic E-state index is 12.7. The van der Waals surface area contributed by atoms with Crippen LogP contribution in [-0.4, -0.2) is 39.7 Å². The molecule has 2 aliphatic heterocycles. The van der Waals surface area contributed by atoms with Crippen molar-refractivity contribution in [1.29, 1.82) is 0 Å². The predicted molar refractivity (Wildman–Crippen MR) is 96.3 cm³/mol. The van der Waals surface area contributed by atoms with Gasteiger partial charge in [-0.25, -0.2) is 9.97 Å². The fourth-order valence-electron chi connectivity index (χ4n) is 3.79. The Hall–Kier alpha value is -2.28. The van der Waals surface area contributed by atoms with Crippen molar-refractivity contribution >= 4 is 35.0 Å². The van der Waals surface area contributed by atoms with Crippen LogP contribution >= 0.6 is 11.6 Å². The molecule has 136 valence electrons. The number of amides is 1. The average Bonchev–Trinajstić information content (AvgIpc) is 3.04. The normalized spacial score (nSPS) is 26.8. The first-order valence-corrected chi connectivity index (χ1v) is 8.87. The monoisotopic (exact) mass is 374 g/mol. The van der Waals surface area contributed by atoms with Crippen molar-refractivity contribution < 1.29 is 14.3 Å². The summed E-state index contributed by atoms with van der Waals surface area (Å²) < 4.78 is 5.47. The number of carbonyl (C=O) groups is 2. The van der Waals surface area contributed by atoms with Crippen LogP contribution < -0.4 is 5.32 Å². The molecule has 1 aromatic rings. The van der Waals surface area contributed by atoms with Crippen LogP contribution in [0.3, 0.4) is 0 Å². The molecule has 7 nitrogen and oxygen atoms in total. The summed E-state index contributed by atoms with van der Waals surface area (Å²) in [5.74, 6) is -0.429. The SMILES string of the molecule is CC(C)(C)OC(=O)C1C=C2C[C@@]3(CC2=NC1)C(=O)Nc1ncnc(Cl)c13. The predicted octanol–water partition coefficient (Wildman–Crippen LogP) is 2.45. The molecule has 0 radical (unpaired) electrons. The summed E-state index contributed by atoms with van der Waals surface area (Å²) in [4.78, 5) is 37.8. The van der Waals surface area contributed by atoms with E-state index in [0.29, 0.717) is 30.8 Å². The zero-order chi connectivity index (χ0) is 18.7. The molecule has 1 aromatic heterocycles. The Bertz CT molecular complexity index is 887. The first kappa shape index (κ1) is 17.1. The number of anilines is 1. The van der Waals surface area contributed by atoms with Crippen LogP contribution in [0.2, 0.25) is 5.15 Å². The van der Waals surface area contributed by atoms with Crippen molar-refractivity contribution in [3.8, 4) is 0 Å². The number of dihydropyridines is 1. The number of rotatable bonds is 1. The molecule has 0 aromatic carbocycles. The highest BCUT2D eigenvalue weighted by molar-refractivity contribution is 6.32. The minimum atomic E-state index is -0.846. The Morgan fingerprint density at radius 2 is 2.12 bits per heavy atom. The second-order valence-corrected chi connectivity index (χ2v) is 8.26. The molecule has 0 bridgehead atoms. The summed E-state index contributed by atoms with van der Waals surface area (Å²) in [6, 6.07) is 0. The van der Waals surface area contributed by atoms with Gasteiger partial charge in [0, 0.05) is 17.7 Å². The summed E-state index contributed by atoms with van der Waals surface area (Å²) in [6.45, 7) is 5.84. The van der Waals surface area contributed by atoms with E-state index >= 15 is 0 Å². The maximum Gasteiger partial charge on any atom is 0.315 e. The minimum absolute atomic E-state index is 0.151. The molecule has 0 saturated heterocycles. The minimum Gasteiger partial charge on any atom is -0.459 e. The molecule has 1 aliphatic carbocycles. The van der Waals surface area contributed by atoms with Crippen LogP contribution in [0.15, 0.2) is 23.0 Å². The van der Waals surface area contributed by atoms with E-state index in [1.807, 2.05) is 26.8 Å². The van der Waals surface area contributed by atoms with E-state index in [0.717, 1.165) is 11.3 Å². The smallest absolute Gasteiger partial charge is 0.315 e. The lowest BCUT2D eigenvalue weighted by molar-refractivity contribution is -0.157. The van der Waals surface area contributed by atoms with Gasteiger partial charge in [0.1, 0.15) is 22.9 Å². The Balaban J connectivity index is 1.66. The molecule has 2 atom stereocenters. The number of hydrogen-bond acceptors (Lipinski definition) is 6. The topological polar surface area (TPSA) is 93.5 Å². The molecule has 3 aliphatic rings. The molecule has 1 unspecified atom stereocenters. The molecule has 1 saturated carbocycles. The Labute approximate surface area is 155 Å². The molecular weight excluding hydrogens is 356 g/mol. The van der Waals surface area contributed by atoms with Gasteiger partial charge in [-0.2, -0.15) is 0 Å². The van der Waals surface area contributed by atoms with Crippen molar-refractivity contribution in [2.45, 2.75) is 44.6 Å². The number of carbonyl (C=O) groups excluding carboxylic acids is 2. The van der Waals surface area contributed by atoms with Gasteiger partial charge in [0.2, 0.25) is 5.91 Å².